The molecule has 2 aromatic rings. The molecular weight excluding hydrogens is 496 g/mol. The van der Waals surface area contributed by atoms with Gasteiger partial charge in [-0.25, -0.2) is 9.59 Å². The van der Waals surface area contributed by atoms with E-state index in [1.165, 1.54) is 6.92 Å². The highest BCUT2D eigenvalue weighted by atomic mass is 16.6. The van der Waals surface area contributed by atoms with Crippen LogP contribution in [-0.2, 0) is 46.4 Å². The Hall–Kier alpha value is -4.41. The van der Waals surface area contributed by atoms with Crippen LogP contribution in [0.2, 0.25) is 0 Å². The fourth-order valence-corrected chi connectivity index (χ4v) is 3.54. The second-order valence-corrected chi connectivity index (χ2v) is 8.14. The zero-order valence-electron chi connectivity index (χ0n) is 21.3. The minimum absolute atomic E-state index is 0.00139. The predicted octanol–water partition coefficient (Wildman–Crippen LogP) is 2.23. The molecule has 0 heterocycles. The summed E-state index contributed by atoms with van der Waals surface area (Å²) in [5, 5.41) is 14.6. The highest BCUT2D eigenvalue weighted by molar-refractivity contribution is 5.93. The van der Waals surface area contributed by atoms with Crippen molar-refractivity contribution in [2.24, 2.45) is 5.92 Å². The summed E-state index contributed by atoms with van der Waals surface area (Å²) in [6.07, 6.45) is -1.52. The van der Waals surface area contributed by atoms with E-state index in [0.717, 1.165) is 5.56 Å². The Kier molecular flexibility index (Phi) is 12.3. The summed E-state index contributed by atoms with van der Waals surface area (Å²) in [5.41, 5.74) is 1.41. The first-order valence-electron chi connectivity index (χ1n) is 12.1. The van der Waals surface area contributed by atoms with Crippen LogP contribution in [0.25, 0.3) is 0 Å². The largest absolute Gasteiger partial charge is 0.480 e. The van der Waals surface area contributed by atoms with E-state index in [0.29, 0.717) is 5.56 Å². The van der Waals surface area contributed by atoms with Crippen molar-refractivity contribution >= 4 is 29.9 Å². The third kappa shape index (κ3) is 9.92. The summed E-state index contributed by atoms with van der Waals surface area (Å²) in [6.45, 7) is 2.99. The van der Waals surface area contributed by atoms with Crippen molar-refractivity contribution in [1.29, 1.82) is 0 Å². The lowest BCUT2D eigenvalue weighted by Crippen LogP contribution is -2.56. The fourth-order valence-electron chi connectivity index (χ4n) is 3.54. The molecule has 0 aliphatic carbocycles. The Balaban J connectivity index is 2.23. The molecule has 0 spiro atoms. The molecule has 2 aromatic carbocycles. The molecule has 11 heteroatoms. The van der Waals surface area contributed by atoms with Crippen LogP contribution in [0.5, 0.6) is 0 Å². The Morgan fingerprint density at radius 2 is 1.37 bits per heavy atom. The smallest absolute Gasteiger partial charge is 0.408 e. The molecule has 0 aliphatic rings. The van der Waals surface area contributed by atoms with Crippen LogP contribution in [0.3, 0.4) is 0 Å². The second kappa shape index (κ2) is 15.6. The van der Waals surface area contributed by atoms with Crippen LogP contribution in [-0.4, -0.2) is 60.3 Å². The van der Waals surface area contributed by atoms with Crippen molar-refractivity contribution in [3.05, 3.63) is 71.8 Å². The van der Waals surface area contributed by atoms with E-state index in [2.05, 4.69) is 10.6 Å². The minimum Gasteiger partial charge on any atom is -0.480 e. The van der Waals surface area contributed by atoms with E-state index >= 15 is 0 Å². The van der Waals surface area contributed by atoms with E-state index < -0.39 is 54.3 Å². The quantitative estimate of drug-likeness (QED) is 0.247. The maximum Gasteiger partial charge on any atom is 0.408 e. The number of aliphatic carboxylic acids is 1. The van der Waals surface area contributed by atoms with Gasteiger partial charge in [-0.3, -0.25) is 14.4 Å². The number of esters is 2. The number of benzene rings is 2. The second-order valence-electron chi connectivity index (χ2n) is 8.14. The number of carboxylic acid groups (broad SMARTS) is 1. The van der Waals surface area contributed by atoms with Gasteiger partial charge in [0.05, 0.1) is 25.6 Å². The van der Waals surface area contributed by atoms with E-state index in [1.54, 1.807) is 61.5 Å². The van der Waals surface area contributed by atoms with Gasteiger partial charge in [0.2, 0.25) is 5.91 Å². The normalized spacial score (nSPS) is 12.8. The topological polar surface area (TPSA) is 157 Å². The van der Waals surface area contributed by atoms with E-state index in [9.17, 15) is 29.1 Å². The summed E-state index contributed by atoms with van der Waals surface area (Å²) in [4.78, 5) is 62.5. The van der Waals surface area contributed by atoms with Gasteiger partial charge in [-0.1, -0.05) is 60.7 Å². The molecule has 3 atom stereocenters. The van der Waals surface area contributed by atoms with Gasteiger partial charge in [-0.15, -0.1) is 0 Å². The first-order valence-corrected chi connectivity index (χ1v) is 12.1. The molecule has 0 radical (unpaired) electrons. The number of carbonyl (C=O) groups excluding carboxylic acids is 4. The molecule has 38 heavy (non-hydrogen) atoms. The maximum atomic E-state index is 13.3. The zero-order chi connectivity index (χ0) is 27.9. The summed E-state index contributed by atoms with van der Waals surface area (Å²) in [6, 6.07) is 14.5. The lowest BCUT2D eigenvalue weighted by Gasteiger charge is -2.25. The van der Waals surface area contributed by atoms with Crippen molar-refractivity contribution in [2.45, 2.75) is 45.4 Å². The number of hydrogen-bond donors (Lipinski definition) is 3. The molecule has 204 valence electrons. The zero-order valence-corrected chi connectivity index (χ0v) is 21.3. The number of hydrogen-bond acceptors (Lipinski definition) is 8. The lowest BCUT2D eigenvalue weighted by molar-refractivity contribution is -0.160. The van der Waals surface area contributed by atoms with Gasteiger partial charge in [0.25, 0.3) is 0 Å². The standard InChI is InChI=1S/C27H32N2O9/c1-3-36-22(30)16-20(26(34)37-4-2)23(25(32)33)29-24(31)21(15-18-11-7-5-8-12-18)28-27(35)38-17-19-13-9-6-10-14-19/h5-14,20-21,23H,3-4,15-17H2,1-2H3,(H,28,35)(H,29,31)(H,32,33)/t20-,21-,23+/m1/s1. The van der Waals surface area contributed by atoms with E-state index in [-0.39, 0.29) is 26.2 Å². The number of ether oxygens (including phenoxy) is 3. The first kappa shape index (κ1) is 29.8. The molecular formula is C27H32N2O9. The molecule has 2 rings (SSSR count). The number of carbonyl (C=O) groups is 5. The Morgan fingerprint density at radius 3 is 1.92 bits per heavy atom. The number of nitrogens with one attached hydrogen (secondary N) is 2. The SMILES string of the molecule is CCOC(=O)C[C@@H](C(=O)OCC)[C@H](NC(=O)[C@@H](Cc1ccccc1)NC(=O)OCc1ccccc1)C(=O)O. The Labute approximate surface area is 220 Å². The van der Waals surface area contributed by atoms with Crippen molar-refractivity contribution in [3.8, 4) is 0 Å². The van der Waals surface area contributed by atoms with Gasteiger partial charge >= 0.3 is 24.0 Å². The van der Waals surface area contributed by atoms with Gasteiger partial charge in [0.15, 0.2) is 0 Å². The summed E-state index contributed by atoms with van der Waals surface area (Å²) in [5.74, 6) is -5.82. The average molecular weight is 529 g/mol. The summed E-state index contributed by atoms with van der Waals surface area (Å²) >= 11 is 0. The van der Waals surface area contributed by atoms with E-state index in [1.807, 2.05) is 6.07 Å². The minimum atomic E-state index is -1.83. The van der Waals surface area contributed by atoms with Crippen LogP contribution in [0.4, 0.5) is 4.79 Å². The van der Waals surface area contributed by atoms with Gasteiger partial charge in [-0.05, 0) is 25.0 Å². The monoisotopic (exact) mass is 528 g/mol. The van der Waals surface area contributed by atoms with Gasteiger partial charge in [0, 0.05) is 6.42 Å². The Bertz CT molecular complexity index is 1080. The number of alkyl carbamates (subject to hydrolysis) is 1. The molecule has 11 nitrogen and oxygen atoms in total. The first-order chi connectivity index (χ1) is 18.2. The van der Waals surface area contributed by atoms with Crippen LogP contribution in [0.15, 0.2) is 60.7 Å². The lowest BCUT2D eigenvalue weighted by atomic mass is 9.95. The van der Waals surface area contributed by atoms with Crippen LogP contribution in [0.1, 0.15) is 31.4 Å². The van der Waals surface area contributed by atoms with Crippen LogP contribution in [0, 0.1) is 5.92 Å². The Morgan fingerprint density at radius 1 is 0.789 bits per heavy atom. The maximum absolute atomic E-state index is 13.3. The number of amides is 2. The van der Waals surface area contributed by atoms with Gasteiger partial charge in [0.1, 0.15) is 18.7 Å². The molecule has 0 unspecified atom stereocenters. The number of carboxylic acids is 1. The third-order valence-corrected chi connectivity index (χ3v) is 5.35. The molecule has 0 fully saturated rings. The molecule has 0 aliphatic heterocycles. The van der Waals surface area contributed by atoms with Crippen molar-refractivity contribution in [1.82, 2.24) is 10.6 Å². The van der Waals surface area contributed by atoms with E-state index in [4.69, 9.17) is 14.2 Å². The van der Waals surface area contributed by atoms with Crippen LogP contribution >= 0.6 is 0 Å². The summed E-state index contributed by atoms with van der Waals surface area (Å²) in [7, 11) is 0. The summed E-state index contributed by atoms with van der Waals surface area (Å²) < 4.78 is 15.0. The predicted molar refractivity (Wildman–Crippen MR) is 135 cm³/mol. The molecule has 0 bridgehead atoms. The van der Waals surface area contributed by atoms with Gasteiger partial charge < -0.3 is 30.0 Å². The molecule has 0 aromatic heterocycles. The fraction of sp³-hybridized carbons (Fsp3) is 0.370. The molecule has 0 saturated carbocycles. The van der Waals surface area contributed by atoms with Crippen molar-refractivity contribution in [2.75, 3.05) is 13.2 Å². The highest BCUT2D eigenvalue weighted by Crippen LogP contribution is 2.15. The van der Waals surface area contributed by atoms with Crippen molar-refractivity contribution in [3.63, 3.8) is 0 Å². The number of rotatable bonds is 14. The average Bonchev–Trinajstić information content (AvgIpc) is 2.90. The van der Waals surface area contributed by atoms with Crippen LogP contribution < -0.4 is 10.6 Å². The van der Waals surface area contributed by atoms with Crippen molar-refractivity contribution < 1.29 is 43.3 Å². The highest BCUT2D eigenvalue weighted by Gasteiger charge is 2.39. The third-order valence-electron chi connectivity index (χ3n) is 5.35. The van der Waals surface area contributed by atoms with Gasteiger partial charge in [-0.2, -0.15) is 0 Å². The molecule has 0 saturated heterocycles. The molecule has 3 N–H and O–H groups in total. The molecule has 2 amide bonds.